The third-order valence-corrected chi connectivity index (χ3v) is 4.87. The Morgan fingerprint density at radius 1 is 1.11 bits per heavy atom. The lowest BCUT2D eigenvalue weighted by molar-refractivity contribution is 0.0694. The van der Waals surface area contributed by atoms with Crippen LogP contribution < -0.4 is 0 Å². The number of aromatic hydroxyl groups is 1. The maximum atomic E-state index is 12.8. The number of nitrogens with zero attached hydrogens (tertiary/aromatic N) is 5. The van der Waals surface area contributed by atoms with E-state index in [0.717, 1.165) is 24.4 Å². The molecule has 0 spiro atoms. The average Bonchev–Trinajstić information content (AvgIpc) is 3.17. The van der Waals surface area contributed by atoms with E-state index in [2.05, 4.69) is 19.5 Å². The number of hydrogen-bond acceptors (Lipinski definition) is 5. The Morgan fingerprint density at radius 2 is 2.00 bits per heavy atom. The van der Waals surface area contributed by atoms with Crippen LogP contribution in [0.3, 0.4) is 0 Å². The summed E-state index contributed by atoms with van der Waals surface area (Å²) in [5, 5.41) is 9.94. The van der Waals surface area contributed by atoms with Crippen molar-refractivity contribution in [1.82, 2.24) is 24.4 Å². The van der Waals surface area contributed by atoms with Crippen LogP contribution in [0.4, 0.5) is 0 Å². The molecular weight excluding hydrogens is 342 g/mol. The molecule has 1 saturated heterocycles. The molecule has 0 aliphatic carbocycles. The van der Waals surface area contributed by atoms with Gasteiger partial charge in [-0.2, -0.15) is 0 Å². The Balaban J connectivity index is 1.52. The molecular formula is C20H21N5O2. The van der Waals surface area contributed by atoms with Crippen LogP contribution in [0.15, 0.2) is 55.1 Å². The first-order chi connectivity index (χ1) is 13.2. The first-order valence-electron chi connectivity index (χ1n) is 9.06. The van der Waals surface area contributed by atoms with E-state index in [-0.39, 0.29) is 23.3 Å². The number of carbonyl (C=O) groups is 1. The molecule has 1 aliphatic heterocycles. The van der Waals surface area contributed by atoms with E-state index in [1.807, 2.05) is 24.4 Å². The first-order valence-corrected chi connectivity index (χ1v) is 9.06. The molecule has 1 fully saturated rings. The van der Waals surface area contributed by atoms with Gasteiger partial charge in [0.05, 0.1) is 12.2 Å². The second-order valence-electron chi connectivity index (χ2n) is 6.70. The van der Waals surface area contributed by atoms with Gasteiger partial charge in [0.2, 0.25) is 0 Å². The van der Waals surface area contributed by atoms with Gasteiger partial charge in [-0.15, -0.1) is 0 Å². The first kappa shape index (κ1) is 17.2. The third kappa shape index (κ3) is 3.67. The highest BCUT2D eigenvalue weighted by Gasteiger charge is 2.29. The fraction of sp³-hybridized carbons (Fsp3) is 0.300. The molecule has 27 heavy (non-hydrogen) atoms. The van der Waals surface area contributed by atoms with E-state index in [4.69, 9.17) is 0 Å². The van der Waals surface area contributed by atoms with Crippen LogP contribution in [0.2, 0.25) is 0 Å². The van der Waals surface area contributed by atoms with E-state index >= 15 is 0 Å². The van der Waals surface area contributed by atoms with Gasteiger partial charge in [0, 0.05) is 43.8 Å². The molecule has 3 aromatic rings. The molecule has 1 aliphatic rings. The van der Waals surface area contributed by atoms with Crippen LogP contribution in [0.5, 0.6) is 5.75 Å². The van der Waals surface area contributed by atoms with Gasteiger partial charge in [-0.3, -0.25) is 9.78 Å². The fourth-order valence-corrected chi connectivity index (χ4v) is 3.56. The van der Waals surface area contributed by atoms with Crippen LogP contribution in [0.25, 0.3) is 0 Å². The van der Waals surface area contributed by atoms with Gasteiger partial charge in [-0.05, 0) is 37.1 Å². The second kappa shape index (κ2) is 7.57. The zero-order chi connectivity index (χ0) is 18.6. The zero-order valence-corrected chi connectivity index (χ0v) is 14.9. The van der Waals surface area contributed by atoms with Crippen molar-refractivity contribution in [3.8, 4) is 5.75 Å². The van der Waals surface area contributed by atoms with E-state index in [0.29, 0.717) is 19.6 Å². The monoisotopic (exact) mass is 363 g/mol. The topological polar surface area (TPSA) is 84.1 Å². The molecule has 1 N–H and O–H groups in total. The van der Waals surface area contributed by atoms with E-state index in [1.165, 1.54) is 12.3 Å². The summed E-state index contributed by atoms with van der Waals surface area (Å²) in [6, 6.07) is 8.96. The summed E-state index contributed by atoms with van der Waals surface area (Å²) in [6.07, 6.45) is 8.91. The smallest absolute Gasteiger partial charge is 0.276 e. The summed E-state index contributed by atoms with van der Waals surface area (Å²) in [4.78, 5) is 27.5. The number of rotatable bonds is 4. The van der Waals surface area contributed by atoms with E-state index in [1.54, 1.807) is 23.4 Å². The number of carbonyl (C=O) groups excluding carboxylic acids is 1. The summed E-state index contributed by atoms with van der Waals surface area (Å²) in [5.74, 6) is 0.789. The molecule has 0 saturated carbocycles. The summed E-state index contributed by atoms with van der Waals surface area (Å²) >= 11 is 0. The normalized spacial score (nSPS) is 17.0. The second-order valence-corrected chi connectivity index (χ2v) is 6.70. The highest BCUT2D eigenvalue weighted by Crippen LogP contribution is 2.28. The van der Waals surface area contributed by atoms with Gasteiger partial charge in [-0.1, -0.05) is 6.07 Å². The Bertz CT molecular complexity index is 925. The molecule has 3 aromatic heterocycles. The summed E-state index contributed by atoms with van der Waals surface area (Å²) in [5.41, 5.74) is 1.08. The largest absolute Gasteiger partial charge is 0.505 e. The summed E-state index contributed by atoms with van der Waals surface area (Å²) < 4.78 is 2.10. The summed E-state index contributed by atoms with van der Waals surface area (Å²) in [7, 11) is 0. The van der Waals surface area contributed by atoms with Crippen molar-refractivity contribution in [2.75, 3.05) is 13.1 Å². The van der Waals surface area contributed by atoms with Crippen LogP contribution in [-0.4, -0.2) is 48.5 Å². The quantitative estimate of drug-likeness (QED) is 0.770. The lowest BCUT2D eigenvalue weighted by atomic mass is 9.96. The Labute approximate surface area is 157 Å². The Kier molecular flexibility index (Phi) is 4.82. The predicted molar refractivity (Wildman–Crippen MR) is 99.3 cm³/mol. The Morgan fingerprint density at radius 3 is 2.81 bits per heavy atom. The molecule has 0 bridgehead atoms. The van der Waals surface area contributed by atoms with Crippen molar-refractivity contribution in [1.29, 1.82) is 0 Å². The van der Waals surface area contributed by atoms with Gasteiger partial charge < -0.3 is 14.6 Å². The summed E-state index contributed by atoms with van der Waals surface area (Å²) in [6.45, 7) is 1.88. The maximum Gasteiger partial charge on any atom is 0.276 e. The standard InChI is InChI=1S/C20H21N5O2/c26-17-7-3-9-22-18(17)20(27)25-11-4-5-15(13-25)19-23-10-12-24(19)14-16-6-1-2-8-21-16/h1-3,6-10,12,15,26H,4-5,11,13-14H2/t15-/m0/s1. The van der Waals surface area contributed by atoms with Crippen molar-refractivity contribution in [3.05, 3.63) is 72.3 Å². The van der Waals surface area contributed by atoms with Crippen molar-refractivity contribution in [3.63, 3.8) is 0 Å². The van der Waals surface area contributed by atoms with E-state index < -0.39 is 0 Å². The van der Waals surface area contributed by atoms with Crippen LogP contribution >= 0.6 is 0 Å². The van der Waals surface area contributed by atoms with Crippen molar-refractivity contribution in [2.24, 2.45) is 0 Å². The number of amides is 1. The van der Waals surface area contributed by atoms with Gasteiger partial charge in [0.25, 0.3) is 5.91 Å². The molecule has 7 heteroatoms. The van der Waals surface area contributed by atoms with Gasteiger partial charge in [0.15, 0.2) is 5.69 Å². The van der Waals surface area contributed by atoms with Crippen LogP contribution in [0.1, 0.15) is 40.8 Å². The highest BCUT2D eigenvalue weighted by molar-refractivity contribution is 5.94. The number of likely N-dealkylation sites (tertiary alicyclic amines) is 1. The van der Waals surface area contributed by atoms with Gasteiger partial charge >= 0.3 is 0 Å². The van der Waals surface area contributed by atoms with Gasteiger partial charge in [-0.25, -0.2) is 9.97 Å². The molecule has 138 valence electrons. The van der Waals surface area contributed by atoms with E-state index in [9.17, 15) is 9.90 Å². The van der Waals surface area contributed by atoms with Crippen LogP contribution in [0, 0.1) is 0 Å². The minimum absolute atomic E-state index is 0.0822. The zero-order valence-electron chi connectivity index (χ0n) is 14.9. The molecule has 4 heterocycles. The number of imidazole rings is 1. The van der Waals surface area contributed by atoms with Crippen molar-refractivity contribution >= 4 is 5.91 Å². The van der Waals surface area contributed by atoms with Crippen LogP contribution in [-0.2, 0) is 6.54 Å². The molecule has 7 nitrogen and oxygen atoms in total. The molecule has 0 unspecified atom stereocenters. The van der Waals surface area contributed by atoms with Crippen molar-refractivity contribution in [2.45, 2.75) is 25.3 Å². The minimum Gasteiger partial charge on any atom is -0.505 e. The third-order valence-electron chi connectivity index (χ3n) is 4.87. The molecule has 0 aromatic carbocycles. The predicted octanol–water partition coefficient (Wildman–Crippen LogP) is 2.45. The Hall–Kier alpha value is -3.22. The number of piperidine rings is 1. The average molecular weight is 363 g/mol. The lowest BCUT2D eigenvalue weighted by Crippen LogP contribution is -2.40. The molecule has 0 radical (unpaired) electrons. The van der Waals surface area contributed by atoms with Crippen molar-refractivity contribution < 1.29 is 9.90 Å². The number of pyridine rings is 2. The molecule has 1 amide bonds. The SMILES string of the molecule is O=C(c1ncccc1O)N1CCC[C@H](c2nccn2Cc2ccccn2)C1. The highest BCUT2D eigenvalue weighted by atomic mass is 16.3. The fourth-order valence-electron chi connectivity index (χ4n) is 3.56. The molecule has 1 atom stereocenters. The number of hydrogen-bond donors (Lipinski definition) is 1. The minimum atomic E-state index is -0.236. The maximum absolute atomic E-state index is 12.8. The lowest BCUT2D eigenvalue weighted by Gasteiger charge is -2.32. The molecule has 4 rings (SSSR count). The number of aromatic nitrogens is 4. The van der Waals surface area contributed by atoms with Gasteiger partial charge in [0.1, 0.15) is 11.6 Å².